The van der Waals surface area contributed by atoms with Gasteiger partial charge in [0.2, 0.25) is 0 Å². The van der Waals surface area contributed by atoms with Crippen molar-refractivity contribution in [2.75, 3.05) is 13.2 Å². The van der Waals surface area contributed by atoms with Crippen molar-refractivity contribution in [3.63, 3.8) is 0 Å². The van der Waals surface area contributed by atoms with Crippen LogP contribution in [-0.4, -0.2) is 18.3 Å². The Morgan fingerprint density at radius 1 is 1.35 bits per heavy atom. The quantitative estimate of drug-likeness (QED) is 0.567. The fourth-order valence-corrected chi connectivity index (χ4v) is 1.30. The third-order valence-electron chi connectivity index (χ3n) is 2.12. The molecule has 4 heteroatoms. The first-order valence-corrected chi connectivity index (χ1v) is 5.92. The summed E-state index contributed by atoms with van der Waals surface area (Å²) in [6, 6.07) is 5.28. The molecule has 1 rings (SSSR count). The standard InChI is InChI=1S/C13H21NO3/c1-4-16-13-7-11(5-6-12(13)15)8-14-17-9-10(2)3/h5-7,10,14-15H,4,8-9H2,1-3H3. The molecule has 96 valence electrons. The van der Waals surface area contributed by atoms with Crippen LogP contribution < -0.4 is 10.2 Å². The van der Waals surface area contributed by atoms with Gasteiger partial charge in [0.25, 0.3) is 0 Å². The van der Waals surface area contributed by atoms with Crippen molar-refractivity contribution in [3.8, 4) is 11.5 Å². The van der Waals surface area contributed by atoms with Crippen LogP contribution in [-0.2, 0) is 11.4 Å². The lowest BCUT2D eigenvalue weighted by Gasteiger charge is -2.10. The molecule has 1 aromatic carbocycles. The second-order valence-electron chi connectivity index (χ2n) is 4.26. The van der Waals surface area contributed by atoms with Crippen molar-refractivity contribution in [2.45, 2.75) is 27.3 Å². The van der Waals surface area contributed by atoms with Crippen molar-refractivity contribution in [1.29, 1.82) is 0 Å². The predicted octanol–water partition coefficient (Wildman–Crippen LogP) is 2.47. The smallest absolute Gasteiger partial charge is 0.161 e. The first kappa shape index (κ1) is 13.8. The van der Waals surface area contributed by atoms with Gasteiger partial charge in [-0.05, 0) is 30.5 Å². The monoisotopic (exact) mass is 239 g/mol. The van der Waals surface area contributed by atoms with Gasteiger partial charge in [-0.25, -0.2) is 0 Å². The Morgan fingerprint density at radius 3 is 2.76 bits per heavy atom. The van der Waals surface area contributed by atoms with Gasteiger partial charge in [0.15, 0.2) is 11.5 Å². The zero-order chi connectivity index (χ0) is 12.7. The lowest BCUT2D eigenvalue weighted by Crippen LogP contribution is -2.17. The molecule has 0 heterocycles. The van der Waals surface area contributed by atoms with E-state index in [0.29, 0.717) is 31.4 Å². The number of rotatable bonds is 7. The summed E-state index contributed by atoms with van der Waals surface area (Å²) < 4.78 is 5.30. The minimum atomic E-state index is 0.165. The van der Waals surface area contributed by atoms with Crippen LogP contribution in [0.5, 0.6) is 11.5 Å². The van der Waals surface area contributed by atoms with Crippen LogP contribution in [0.2, 0.25) is 0 Å². The van der Waals surface area contributed by atoms with Gasteiger partial charge in [-0.2, -0.15) is 5.48 Å². The minimum Gasteiger partial charge on any atom is -0.504 e. The van der Waals surface area contributed by atoms with E-state index in [9.17, 15) is 5.11 Å². The molecular weight excluding hydrogens is 218 g/mol. The van der Waals surface area contributed by atoms with E-state index in [1.54, 1.807) is 6.07 Å². The Labute approximate surface area is 103 Å². The number of hydrogen-bond acceptors (Lipinski definition) is 4. The molecule has 0 atom stereocenters. The number of hydrogen-bond donors (Lipinski definition) is 2. The molecule has 0 aromatic heterocycles. The fraction of sp³-hybridized carbons (Fsp3) is 0.538. The van der Waals surface area contributed by atoms with Gasteiger partial charge >= 0.3 is 0 Å². The predicted molar refractivity (Wildman–Crippen MR) is 66.9 cm³/mol. The zero-order valence-corrected chi connectivity index (χ0v) is 10.7. The summed E-state index contributed by atoms with van der Waals surface area (Å²) in [5.41, 5.74) is 3.89. The maximum absolute atomic E-state index is 9.53. The fourth-order valence-electron chi connectivity index (χ4n) is 1.30. The normalized spacial score (nSPS) is 10.8. The van der Waals surface area contributed by atoms with Crippen molar-refractivity contribution < 1.29 is 14.7 Å². The highest BCUT2D eigenvalue weighted by Crippen LogP contribution is 2.26. The lowest BCUT2D eigenvalue weighted by molar-refractivity contribution is 0.0196. The Hall–Kier alpha value is -1.26. The summed E-state index contributed by atoms with van der Waals surface area (Å²) in [6.45, 7) is 7.87. The second-order valence-corrected chi connectivity index (χ2v) is 4.26. The van der Waals surface area contributed by atoms with Crippen LogP contribution in [0.1, 0.15) is 26.3 Å². The van der Waals surface area contributed by atoms with Crippen LogP contribution in [0.15, 0.2) is 18.2 Å². The number of benzene rings is 1. The highest BCUT2D eigenvalue weighted by molar-refractivity contribution is 5.41. The number of ether oxygens (including phenoxy) is 1. The average molecular weight is 239 g/mol. The van der Waals surface area contributed by atoms with E-state index in [0.717, 1.165) is 5.56 Å². The number of nitrogens with one attached hydrogen (secondary N) is 1. The second kappa shape index (κ2) is 7.14. The number of aromatic hydroxyl groups is 1. The van der Waals surface area contributed by atoms with Crippen LogP contribution >= 0.6 is 0 Å². The topological polar surface area (TPSA) is 50.7 Å². The van der Waals surface area contributed by atoms with Gasteiger partial charge in [-0.3, -0.25) is 0 Å². The third kappa shape index (κ3) is 5.06. The molecule has 0 saturated carbocycles. The van der Waals surface area contributed by atoms with E-state index >= 15 is 0 Å². The SMILES string of the molecule is CCOc1cc(CNOCC(C)C)ccc1O. The van der Waals surface area contributed by atoms with Crippen LogP contribution in [0.25, 0.3) is 0 Å². The van der Waals surface area contributed by atoms with Crippen molar-refractivity contribution in [1.82, 2.24) is 5.48 Å². The summed E-state index contributed by atoms with van der Waals surface area (Å²) in [7, 11) is 0. The zero-order valence-electron chi connectivity index (χ0n) is 10.7. The highest BCUT2D eigenvalue weighted by Gasteiger charge is 2.03. The van der Waals surface area contributed by atoms with Gasteiger partial charge < -0.3 is 14.7 Å². The highest BCUT2D eigenvalue weighted by atomic mass is 16.6. The number of phenols is 1. The molecule has 17 heavy (non-hydrogen) atoms. The molecule has 0 aliphatic rings. The number of phenolic OH excluding ortho intramolecular Hbond substituents is 1. The summed E-state index contributed by atoms with van der Waals surface area (Å²) >= 11 is 0. The molecule has 0 unspecified atom stereocenters. The largest absolute Gasteiger partial charge is 0.504 e. The molecule has 0 radical (unpaired) electrons. The van der Waals surface area contributed by atoms with Crippen molar-refractivity contribution in [3.05, 3.63) is 23.8 Å². The molecule has 0 aliphatic carbocycles. The van der Waals surface area contributed by atoms with Crippen LogP contribution in [0, 0.1) is 5.92 Å². The molecule has 0 aliphatic heterocycles. The Balaban J connectivity index is 2.45. The molecule has 0 bridgehead atoms. The van der Waals surface area contributed by atoms with E-state index in [4.69, 9.17) is 9.57 Å². The molecular formula is C13H21NO3. The van der Waals surface area contributed by atoms with Crippen LogP contribution in [0.4, 0.5) is 0 Å². The van der Waals surface area contributed by atoms with E-state index < -0.39 is 0 Å². The average Bonchev–Trinajstić information content (AvgIpc) is 2.28. The first-order chi connectivity index (χ1) is 8.13. The van der Waals surface area contributed by atoms with Gasteiger partial charge in [-0.1, -0.05) is 19.9 Å². The Bertz CT molecular complexity index is 339. The van der Waals surface area contributed by atoms with Crippen LogP contribution in [0.3, 0.4) is 0 Å². The lowest BCUT2D eigenvalue weighted by atomic mass is 10.2. The van der Waals surface area contributed by atoms with Crippen molar-refractivity contribution in [2.24, 2.45) is 5.92 Å². The summed E-state index contributed by atoms with van der Waals surface area (Å²) in [6.07, 6.45) is 0. The third-order valence-corrected chi connectivity index (χ3v) is 2.12. The van der Waals surface area contributed by atoms with Gasteiger partial charge in [-0.15, -0.1) is 0 Å². The Kier molecular flexibility index (Phi) is 5.80. The maximum Gasteiger partial charge on any atom is 0.161 e. The molecule has 2 N–H and O–H groups in total. The summed E-state index contributed by atoms with van der Waals surface area (Å²) in [5.74, 6) is 1.18. The van der Waals surface area contributed by atoms with E-state index in [1.165, 1.54) is 0 Å². The summed E-state index contributed by atoms with van der Waals surface area (Å²) in [5, 5.41) is 9.53. The van der Waals surface area contributed by atoms with E-state index in [2.05, 4.69) is 19.3 Å². The first-order valence-electron chi connectivity index (χ1n) is 5.92. The van der Waals surface area contributed by atoms with Gasteiger partial charge in [0, 0.05) is 6.54 Å². The molecule has 4 nitrogen and oxygen atoms in total. The molecule has 0 spiro atoms. The number of hydroxylamine groups is 1. The maximum atomic E-state index is 9.53. The van der Waals surface area contributed by atoms with Crippen molar-refractivity contribution >= 4 is 0 Å². The molecule has 0 saturated heterocycles. The molecule has 0 amide bonds. The van der Waals surface area contributed by atoms with E-state index in [-0.39, 0.29) is 5.75 Å². The molecule has 1 aromatic rings. The van der Waals surface area contributed by atoms with E-state index in [1.807, 2.05) is 19.1 Å². The summed E-state index contributed by atoms with van der Waals surface area (Å²) in [4.78, 5) is 5.28. The minimum absolute atomic E-state index is 0.165. The van der Waals surface area contributed by atoms with Gasteiger partial charge in [0.1, 0.15) is 0 Å². The Morgan fingerprint density at radius 2 is 2.12 bits per heavy atom. The van der Waals surface area contributed by atoms with Gasteiger partial charge in [0.05, 0.1) is 13.2 Å². The molecule has 0 fully saturated rings.